The minimum absolute atomic E-state index is 0.201. The van der Waals surface area contributed by atoms with Gasteiger partial charge in [0, 0.05) is 38.3 Å². The van der Waals surface area contributed by atoms with Crippen LogP contribution in [0.5, 0.6) is 0 Å². The Morgan fingerprint density at radius 1 is 1.53 bits per heavy atom. The highest BCUT2D eigenvalue weighted by molar-refractivity contribution is 6.31. The van der Waals surface area contributed by atoms with Crippen LogP contribution >= 0.6 is 11.6 Å². The van der Waals surface area contributed by atoms with E-state index in [1.807, 2.05) is 18.7 Å². The van der Waals surface area contributed by atoms with Crippen molar-refractivity contribution in [3.63, 3.8) is 0 Å². The number of hydrogen-bond acceptors (Lipinski definition) is 3. The molecule has 0 saturated carbocycles. The SMILES string of the molecule is CCC1(C)CN(Cc2c(Cl)c(C)nn2C)C(C)CN1. The zero-order valence-corrected chi connectivity index (χ0v) is 13.4. The van der Waals surface area contributed by atoms with E-state index >= 15 is 0 Å². The molecule has 1 aromatic rings. The standard InChI is InChI=1S/C14H25ClN4/c1-6-14(4)9-19(10(2)7-16-14)8-12-13(15)11(3)17-18(12)5/h10,16H,6-9H2,1-5H3. The molecule has 1 aromatic heterocycles. The summed E-state index contributed by atoms with van der Waals surface area (Å²) < 4.78 is 1.91. The lowest BCUT2D eigenvalue weighted by Crippen LogP contribution is -2.61. The molecule has 0 amide bonds. The fraction of sp³-hybridized carbons (Fsp3) is 0.786. The lowest BCUT2D eigenvalue weighted by Gasteiger charge is -2.45. The van der Waals surface area contributed by atoms with Crippen molar-refractivity contribution in [3.05, 3.63) is 16.4 Å². The summed E-state index contributed by atoms with van der Waals surface area (Å²) in [6.45, 7) is 11.7. The average Bonchev–Trinajstić information content (AvgIpc) is 2.61. The van der Waals surface area contributed by atoms with Crippen molar-refractivity contribution < 1.29 is 0 Å². The summed E-state index contributed by atoms with van der Waals surface area (Å²) in [6, 6.07) is 0.519. The Balaban J connectivity index is 2.17. The van der Waals surface area contributed by atoms with E-state index in [-0.39, 0.29) is 5.54 Å². The van der Waals surface area contributed by atoms with Crippen molar-refractivity contribution in [2.75, 3.05) is 13.1 Å². The highest BCUT2D eigenvalue weighted by Gasteiger charge is 2.33. The first kappa shape index (κ1) is 14.8. The molecule has 2 heterocycles. The van der Waals surface area contributed by atoms with Crippen LogP contribution in [0.3, 0.4) is 0 Å². The fourth-order valence-corrected chi connectivity index (χ4v) is 2.90. The van der Waals surface area contributed by atoms with Gasteiger partial charge in [0.15, 0.2) is 0 Å². The zero-order valence-electron chi connectivity index (χ0n) is 12.6. The first-order valence-corrected chi connectivity index (χ1v) is 7.41. The second-order valence-electron chi connectivity index (χ2n) is 6.02. The molecule has 0 aliphatic carbocycles. The van der Waals surface area contributed by atoms with E-state index in [0.717, 1.165) is 42.5 Å². The third-order valence-corrected chi connectivity index (χ3v) is 4.89. The molecule has 108 valence electrons. The monoisotopic (exact) mass is 284 g/mol. The maximum atomic E-state index is 6.36. The van der Waals surface area contributed by atoms with Gasteiger partial charge in [-0.2, -0.15) is 5.10 Å². The van der Waals surface area contributed by atoms with Crippen molar-refractivity contribution in [3.8, 4) is 0 Å². The summed E-state index contributed by atoms with van der Waals surface area (Å²) in [6.07, 6.45) is 1.13. The summed E-state index contributed by atoms with van der Waals surface area (Å²) in [7, 11) is 1.97. The van der Waals surface area contributed by atoms with Gasteiger partial charge in [-0.25, -0.2) is 0 Å². The van der Waals surface area contributed by atoms with Crippen LogP contribution in [0.4, 0.5) is 0 Å². The maximum absolute atomic E-state index is 6.36. The van der Waals surface area contributed by atoms with Gasteiger partial charge in [-0.3, -0.25) is 9.58 Å². The largest absolute Gasteiger partial charge is 0.309 e. The van der Waals surface area contributed by atoms with E-state index in [9.17, 15) is 0 Å². The van der Waals surface area contributed by atoms with Crippen LogP contribution < -0.4 is 5.32 Å². The molecular weight excluding hydrogens is 260 g/mol. The third-order valence-electron chi connectivity index (χ3n) is 4.39. The Hall–Kier alpha value is -0.580. The Labute approximate surface area is 121 Å². The van der Waals surface area contributed by atoms with Crippen LogP contribution in [-0.2, 0) is 13.6 Å². The second-order valence-corrected chi connectivity index (χ2v) is 6.40. The highest BCUT2D eigenvalue weighted by Crippen LogP contribution is 2.25. The first-order valence-electron chi connectivity index (χ1n) is 7.03. The molecular formula is C14H25ClN4. The molecule has 0 bridgehead atoms. The molecule has 5 heteroatoms. The van der Waals surface area contributed by atoms with Gasteiger partial charge >= 0.3 is 0 Å². The summed E-state index contributed by atoms with van der Waals surface area (Å²) in [4.78, 5) is 2.50. The first-order chi connectivity index (χ1) is 8.86. The highest BCUT2D eigenvalue weighted by atomic mass is 35.5. The van der Waals surface area contributed by atoms with Gasteiger partial charge in [-0.05, 0) is 27.2 Å². The molecule has 4 nitrogen and oxygen atoms in total. The van der Waals surface area contributed by atoms with Crippen LogP contribution in [0.2, 0.25) is 5.02 Å². The number of nitrogens with zero attached hydrogens (tertiary/aromatic N) is 3. The molecule has 0 aromatic carbocycles. The van der Waals surface area contributed by atoms with Crippen LogP contribution in [-0.4, -0.2) is 39.4 Å². The van der Waals surface area contributed by atoms with Crippen molar-refractivity contribution in [1.29, 1.82) is 0 Å². The average molecular weight is 285 g/mol. The van der Waals surface area contributed by atoms with E-state index < -0.39 is 0 Å². The Kier molecular flexibility index (Phi) is 4.23. The van der Waals surface area contributed by atoms with E-state index in [1.165, 1.54) is 0 Å². The fourth-order valence-electron chi connectivity index (χ4n) is 2.68. The van der Waals surface area contributed by atoms with Gasteiger partial charge in [-0.1, -0.05) is 18.5 Å². The van der Waals surface area contributed by atoms with Gasteiger partial charge in [-0.15, -0.1) is 0 Å². The Bertz CT molecular complexity index is 457. The second kappa shape index (κ2) is 5.43. The molecule has 2 rings (SSSR count). The van der Waals surface area contributed by atoms with E-state index in [1.54, 1.807) is 0 Å². The van der Waals surface area contributed by atoms with Crippen LogP contribution in [0.15, 0.2) is 0 Å². The number of nitrogens with one attached hydrogen (secondary N) is 1. The summed E-state index contributed by atoms with van der Waals surface area (Å²) in [5.41, 5.74) is 2.23. The topological polar surface area (TPSA) is 33.1 Å². The Morgan fingerprint density at radius 3 is 2.74 bits per heavy atom. The number of hydrogen-bond donors (Lipinski definition) is 1. The lowest BCUT2D eigenvalue weighted by molar-refractivity contribution is 0.0844. The molecule has 2 unspecified atom stereocenters. The smallest absolute Gasteiger partial charge is 0.0860 e. The van der Waals surface area contributed by atoms with Crippen LogP contribution in [0.1, 0.15) is 38.6 Å². The van der Waals surface area contributed by atoms with Crippen molar-refractivity contribution >= 4 is 11.6 Å². The Morgan fingerprint density at radius 2 is 2.21 bits per heavy atom. The maximum Gasteiger partial charge on any atom is 0.0860 e. The molecule has 1 aliphatic rings. The van der Waals surface area contributed by atoms with Gasteiger partial charge in [0.1, 0.15) is 0 Å². The van der Waals surface area contributed by atoms with E-state index in [4.69, 9.17) is 11.6 Å². The number of aromatic nitrogens is 2. The van der Waals surface area contributed by atoms with E-state index in [2.05, 4.69) is 36.1 Å². The number of aryl methyl sites for hydroxylation is 2. The molecule has 0 radical (unpaired) electrons. The van der Waals surface area contributed by atoms with Gasteiger partial charge in [0.05, 0.1) is 16.4 Å². The van der Waals surface area contributed by atoms with Crippen molar-refractivity contribution in [2.45, 2.75) is 52.2 Å². The minimum atomic E-state index is 0.201. The minimum Gasteiger partial charge on any atom is -0.309 e. The summed E-state index contributed by atoms with van der Waals surface area (Å²) >= 11 is 6.36. The molecule has 1 fully saturated rings. The van der Waals surface area contributed by atoms with Crippen LogP contribution in [0, 0.1) is 6.92 Å². The lowest BCUT2D eigenvalue weighted by atomic mass is 9.93. The zero-order chi connectivity index (χ0) is 14.2. The van der Waals surface area contributed by atoms with Gasteiger partial charge in [0.2, 0.25) is 0 Å². The normalized spacial score (nSPS) is 28.8. The third kappa shape index (κ3) is 2.96. The molecule has 0 spiro atoms. The number of piperazine rings is 1. The molecule has 1 aliphatic heterocycles. The molecule has 2 atom stereocenters. The quantitative estimate of drug-likeness (QED) is 0.925. The molecule has 1 saturated heterocycles. The van der Waals surface area contributed by atoms with Gasteiger partial charge in [0.25, 0.3) is 0 Å². The molecule has 19 heavy (non-hydrogen) atoms. The summed E-state index contributed by atoms with van der Waals surface area (Å²) in [5, 5.41) is 8.86. The number of halogens is 1. The van der Waals surface area contributed by atoms with Gasteiger partial charge < -0.3 is 5.32 Å². The van der Waals surface area contributed by atoms with Crippen molar-refractivity contribution in [1.82, 2.24) is 20.0 Å². The van der Waals surface area contributed by atoms with E-state index in [0.29, 0.717) is 6.04 Å². The van der Waals surface area contributed by atoms with Crippen LogP contribution in [0.25, 0.3) is 0 Å². The predicted molar refractivity (Wildman–Crippen MR) is 79.5 cm³/mol. The predicted octanol–water partition coefficient (Wildman–Crippen LogP) is 2.34. The summed E-state index contributed by atoms with van der Waals surface area (Å²) in [5.74, 6) is 0. The van der Waals surface area contributed by atoms with Crippen molar-refractivity contribution in [2.24, 2.45) is 7.05 Å². The molecule has 1 N–H and O–H groups in total. The number of rotatable bonds is 3.